The SMILES string of the molecule is CC(C)CC(NC(=O)C(N)CC(=O)O)C(=O)NC(C)C(=O)NC(Cc1cnc[nH]1)C(=O)O. The smallest absolute Gasteiger partial charge is 0.326 e. The molecule has 178 valence electrons. The molecule has 0 aliphatic carbocycles. The van der Waals surface area contributed by atoms with Crippen molar-refractivity contribution in [1.29, 1.82) is 0 Å². The molecule has 0 aromatic carbocycles. The minimum atomic E-state index is -1.34. The summed E-state index contributed by atoms with van der Waals surface area (Å²) in [6.45, 7) is 4.99. The molecule has 0 bridgehead atoms. The van der Waals surface area contributed by atoms with Crippen molar-refractivity contribution in [3.63, 3.8) is 0 Å². The van der Waals surface area contributed by atoms with Gasteiger partial charge < -0.3 is 36.9 Å². The van der Waals surface area contributed by atoms with Gasteiger partial charge in [0.1, 0.15) is 18.1 Å². The van der Waals surface area contributed by atoms with Crippen LogP contribution in [0.1, 0.15) is 39.3 Å². The van der Waals surface area contributed by atoms with Gasteiger partial charge in [0.25, 0.3) is 0 Å². The lowest BCUT2D eigenvalue weighted by molar-refractivity contribution is -0.142. The van der Waals surface area contributed by atoms with Crippen molar-refractivity contribution in [2.24, 2.45) is 11.7 Å². The van der Waals surface area contributed by atoms with Gasteiger partial charge in [-0.15, -0.1) is 0 Å². The molecule has 1 aromatic rings. The average molecular weight is 454 g/mol. The van der Waals surface area contributed by atoms with E-state index in [1.165, 1.54) is 19.4 Å². The van der Waals surface area contributed by atoms with Crippen molar-refractivity contribution in [3.05, 3.63) is 18.2 Å². The van der Waals surface area contributed by atoms with Gasteiger partial charge in [-0.2, -0.15) is 0 Å². The van der Waals surface area contributed by atoms with Crippen molar-refractivity contribution in [1.82, 2.24) is 25.9 Å². The fourth-order valence-electron chi connectivity index (χ4n) is 2.76. The van der Waals surface area contributed by atoms with Gasteiger partial charge in [0, 0.05) is 18.3 Å². The highest BCUT2D eigenvalue weighted by Crippen LogP contribution is 2.07. The molecular formula is C19H30N6O7. The van der Waals surface area contributed by atoms with E-state index in [4.69, 9.17) is 10.8 Å². The second-order valence-electron chi connectivity index (χ2n) is 7.81. The summed E-state index contributed by atoms with van der Waals surface area (Å²) in [5, 5.41) is 25.3. The first kappa shape index (κ1) is 26.6. The Balaban J connectivity index is 2.76. The number of carboxylic acid groups (broad SMARTS) is 2. The Morgan fingerprint density at radius 1 is 1.00 bits per heavy atom. The number of hydrogen-bond donors (Lipinski definition) is 7. The predicted octanol–water partition coefficient (Wildman–Crippen LogP) is -1.64. The van der Waals surface area contributed by atoms with Crippen LogP contribution < -0.4 is 21.7 Å². The van der Waals surface area contributed by atoms with Gasteiger partial charge >= 0.3 is 11.9 Å². The fraction of sp³-hybridized carbons (Fsp3) is 0.579. The van der Waals surface area contributed by atoms with Crippen molar-refractivity contribution in [2.75, 3.05) is 0 Å². The van der Waals surface area contributed by atoms with E-state index in [1.54, 1.807) is 0 Å². The van der Waals surface area contributed by atoms with E-state index in [2.05, 4.69) is 25.9 Å². The van der Waals surface area contributed by atoms with Crippen LogP contribution in [0, 0.1) is 5.92 Å². The molecule has 13 heteroatoms. The third-order valence-electron chi connectivity index (χ3n) is 4.42. The number of nitrogens with two attached hydrogens (primary N) is 1. The number of rotatable bonds is 13. The van der Waals surface area contributed by atoms with Gasteiger partial charge in [0.2, 0.25) is 17.7 Å². The van der Waals surface area contributed by atoms with Crippen LogP contribution in [0.4, 0.5) is 0 Å². The summed E-state index contributed by atoms with van der Waals surface area (Å²) in [7, 11) is 0. The van der Waals surface area contributed by atoms with E-state index in [1.807, 2.05) is 13.8 Å². The van der Waals surface area contributed by atoms with Gasteiger partial charge in [-0.1, -0.05) is 13.8 Å². The van der Waals surface area contributed by atoms with Gasteiger partial charge in [0.05, 0.1) is 18.8 Å². The van der Waals surface area contributed by atoms with E-state index in [-0.39, 0.29) is 18.8 Å². The number of nitrogens with zero attached hydrogens (tertiary/aromatic N) is 1. The van der Waals surface area contributed by atoms with Crippen LogP contribution in [0.3, 0.4) is 0 Å². The van der Waals surface area contributed by atoms with E-state index >= 15 is 0 Å². The summed E-state index contributed by atoms with van der Waals surface area (Å²) in [6.07, 6.45) is 2.39. The molecule has 0 saturated heterocycles. The maximum atomic E-state index is 12.7. The molecule has 0 spiro atoms. The topological polar surface area (TPSA) is 217 Å². The summed E-state index contributed by atoms with van der Waals surface area (Å²) < 4.78 is 0. The molecule has 0 saturated carbocycles. The summed E-state index contributed by atoms with van der Waals surface area (Å²) in [4.78, 5) is 66.0. The normalized spacial score (nSPS) is 14.7. The first-order valence-corrected chi connectivity index (χ1v) is 9.99. The summed E-state index contributed by atoms with van der Waals surface area (Å²) in [6, 6.07) is -4.75. The number of aromatic nitrogens is 2. The second kappa shape index (κ2) is 12.4. The molecule has 0 radical (unpaired) electrons. The zero-order valence-electron chi connectivity index (χ0n) is 18.1. The predicted molar refractivity (Wildman–Crippen MR) is 111 cm³/mol. The highest BCUT2D eigenvalue weighted by atomic mass is 16.4. The van der Waals surface area contributed by atoms with Crippen molar-refractivity contribution < 1.29 is 34.2 Å². The fourth-order valence-corrected chi connectivity index (χ4v) is 2.76. The van der Waals surface area contributed by atoms with E-state index in [0.29, 0.717) is 5.69 Å². The molecule has 1 heterocycles. The molecule has 32 heavy (non-hydrogen) atoms. The van der Waals surface area contributed by atoms with Crippen LogP contribution in [-0.4, -0.2) is 74.0 Å². The zero-order chi connectivity index (χ0) is 24.4. The second-order valence-corrected chi connectivity index (χ2v) is 7.81. The first-order valence-electron chi connectivity index (χ1n) is 9.99. The molecule has 0 aliphatic rings. The van der Waals surface area contributed by atoms with Gasteiger partial charge in [0.15, 0.2) is 0 Å². The third kappa shape index (κ3) is 9.12. The van der Waals surface area contributed by atoms with Crippen molar-refractivity contribution in [3.8, 4) is 0 Å². The van der Waals surface area contributed by atoms with Gasteiger partial charge in [-0.05, 0) is 19.3 Å². The van der Waals surface area contributed by atoms with Gasteiger partial charge in [-0.25, -0.2) is 9.78 Å². The Morgan fingerprint density at radius 3 is 2.12 bits per heavy atom. The van der Waals surface area contributed by atoms with Crippen LogP contribution in [0.15, 0.2) is 12.5 Å². The van der Waals surface area contributed by atoms with E-state index < -0.39 is 60.2 Å². The maximum Gasteiger partial charge on any atom is 0.326 e. The molecule has 4 atom stereocenters. The number of aromatic amines is 1. The number of aliphatic carboxylic acids is 2. The largest absolute Gasteiger partial charge is 0.481 e. The van der Waals surface area contributed by atoms with Crippen LogP contribution in [0.25, 0.3) is 0 Å². The number of carboxylic acids is 2. The monoisotopic (exact) mass is 454 g/mol. The summed E-state index contributed by atoms with van der Waals surface area (Å²) >= 11 is 0. The third-order valence-corrected chi connectivity index (χ3v) is 4.42. The number of carbonyl (C=O) groups is 5. The number of nitrogens with one attached hydrogen (secondary N) is 4. The maximum absolute atomic E-state index is 12.7. The average Bonchev–Trinajstić information content (AvgIpc) is 3.18. The molecule has 1 aromatic heterocycles. The summed E-state index contributed by atoms with van der Waals surface area (Å²) in [5.74, 6) is -4.76. The van der Waals surface area contributed by atoms with E-state index in [9.17, 15) is 29.1 Å². The van der Waals surface area contributed by atoms with Crippen LogP contribution >= 0.6 is 0 Å². The molecule has 13 nitrogen and oxygen atoms in total. The number of hydrogen-bond acceptors (Lipinski definition) is 7. The van der Waals surface area contributed by atoms with Gasteiger partial charge in [-0.3, -0.25) is 19.2 Å². The molecule has 3 amide bonds. The number of imidazole rings is 1. The van der Waals surface area contributed by atoms with E-state index in [0.717, 1.165) is 0 Å². The van der Waals surface area contributed by atoms with Crippen molar-refractivity contribution >= 4 is 29.7 Å². The Kier molecular flexibility index (Phi) is 10.3. The highest BCUT2D eigenvalue weighted by molar-refractivity contribution is 5.94. The Morgan fingerprint density at radius 2 is 1.62 bits per heavy atom. The molecule has 0 fully saturated rings. The highest BCUT2D eigenvalue weighted by Gasteiger charge is 2.29. The number of H-pyrrole nitrogens is 1. The van der Waals surface area contributed by atoms with Crippen LogP contribution in [0.5, 0.6) is 0 Å². The minimum absolute atomic E-state index is 0.0170. The molecule has 4 unspecified atom stereocenters. The Labute approximate surface area is 184 Å². The lowest BCUT2D eigenvalue weighted by Gasteiger charge is -2.24. The van der Waals surface area contributed by atoms with Crippen LogP contribution in [0.2, 0.25) is 0 Å². The molecule has 1 rings (SSSR count). The molecular weight excluding hydrogens is 424 g/mol. The Bertz CT molecular complexity index is 811. The Hall–Kier alpha value is -3.48. The number of amides is 3. The first-order chi connectivity index (χ1) is 14.9. The quantitative estimate of drug-likeness (QED) is 0.181. The minimum Gasteiger partial charge on any atom is -0.481 e. The lowest BCUT2D eigenvalue weighted by Crippen LogP contribution is -2.56. The van der Waals surface area contributed by atoms with Crippen LogP contribution in [-0.2, 0) is 30.4 Å². The summed E-state index contributed by atoms with van der Waals surface area (Å²) in [5.41, 5.74) is 6.04. The van der Waals surface area contributed by atoms with Crippen molar-refractivity contribution in [2.45, 2.75) is 64.2 Å². The molecule has 8 N–H and O–H groups in total. The zero-order valence-corrected chi connectivity index (χ0v) is 18.1. The number of carbonyl (C=O) groups excluding carboxylic acids is 3. The molecule has 0 aliphatic heterocycles. The standard InChI is InChI=1S/C19H30N6O7/c1-9(2)4-13(24-17(29)12(20)6-15(26)27)18(30)23-10(3)16(28)25-14(19(31)32)5-11-7-21-8-22-11/h7-10,12-14H,4-6,20H2,1-3H3,(H,21,22)(H,23,30)(H,24,29)(H,25,28)(H,26,27)(H,31,32). The lowest BCUT2D eigenvalue weighted by atomic mass is 10.0.